The van der Waals surface area contributed by atoms with Crippen molar-refractivity contribution in [1.29, 1.82) is 0 Å². The van der Waals surface area contributed by atoms with Gasteiger partial charge in [0.25, 0.3) is 11.6 Å². The summed E-state index contributed by atoms with van der Waals surface area (Å²) in [5.74, 6) is -0.891. The van der Waals surface area contributed by atoms with Gasteiger partial charge in [-0.2, -0.15) is 0 Å². The molecule has 238 valence electrons. The van der Waals surface area contributed by atoms with Crippen LogP contribution in [-0.2, 0) is 39.4 Å². The average Bonchev–Trinajstić information content (AvgIpc) is 3.75. The van der Waals surface area contributed by atoms with E-state index in [4.69, 9.17) is 4.74 Å². The number of benzene rings is 2. The van der Waals surface area contributed by atoms with Crippen molar-refractivity contribution in [3.63, 3.8) is 0 Å². The fourth-order valence-corrected chi connectivity index (χ4v) is 9.94. The van der Waals surface area contributed by atoms with E-state index >= 15 is 4.11 Å². The number of aliphatic hydroxyl groups excluding tert-OH is 1. The van der Waals surface area contributed by atoms with Crippen molar-refractivity contribution >= 4 is 37.3 Å². The van der Waals surface area contributed by atoms with Gasteiger partial charge in [-0.3, -0.25) is 24.4 Å². The van der Waals surface area contributed by atoms with E-state index in [-0.39, 0.29) is 30.7 Å². The molecule has 14 heteroatoms. The minimum atomic E-state index is -3.44. The molecule has 0 unspecified atom stereocenters. The largest absolute Gasteiger partial charge is 0.396 e. The molecule has 1 N–H and O–H groups in total. The molecule has 4 atom stereocenters. The molecule has 3 aromatic rings. The van der Waals surface area contributed by atoms with Crippen molar-refractivity contribution in [2.24, 2.45) is 5.92 Å². The number of carbonyl (C=O) groups is 2. The van der Waals surface area contributed by atoms with Gasteiger partial charge in [-0.1, -0.05) is 24.3 Å². The summed E-state index contributed by atoms with van der Waals surface area (Å²) in [4.78, 5) is 41.5. The van der Waals surface area contributed by atoms with E-state index in [1.807, 2.05) is 31.2 Å². The third kappa shape index (κ3) is 5.44. The normalized spacial score (nSPS) is 24.7. The van der Waals surface area contributed by atoms with Crippen molar-refractivity contribution in [2.75, 3.05) is 23.0 Å². The first-order valence-corrected chi connectivity index (χ1v) is 18.3. The van der Waals surface area contributed by atoms with Crippen LogP contribution in [0.25, 0.3) is 0 Å². The van der Waals surface area contributed by atoms with E-state index in [0.29, 0.717) is 49.3 Å². The number of amides is 2. The minimum Gasteiger partial charge on any atom is -0.396 e. The number of fused-ring (bicyclic) bond motifs is 2. The zero-order valence-electron chi connectivity index (χ0n) is 25.6. The number of hydrogen-bond acceptors (Lipinski definition) is 8. The van der Waals surface area contributed by atoms with Crippen LogP contribution in [0.15, 0.2) is 48.7 Å². The van der Waals surface area contributed by atoms with Crippen molar-refractivity contribution in [2.45, 2.75) is 76.0 Å². The number of aliphatic hydroxyl groups is 1. The number of halogens is 1. The fraction of sp³-hybridized carbons (Fsp3) is 0.484. The lowest BCUT2D eigenvalue weighted by atomic mass is 9.82. The number of anilines is 2. The number of ether oxygens (including phenoxy) is 1. The molecule has 2 amide bonds. The molecular formula is C31H37FN6O6Si. The Morgan fingerprint density at radius 2 is 1.96 bits per heavy atom. The zero-order valence-corrected chi connectivity index (χ0v) is 26.6. The molecule has 3 aliphatic heterocycles. The van der Waals surface area contributed by atoms with Crippen LogP contribution in [0, 0.1) is 16.0 Å². The number of nitro benzene ring substituents is 1. The van der Waals surface area contributed by atoms with Crippen LogP contribution in [0.5, 0.6) is 0 Å². The first kappa shape index (κ1) is 31.0. The summed E-state index contributed by atoms with van der Waals surface area (Å²) in [6.07, 6.45) is 3.14. The summed E-state index contributed by atoms with van der Waals surface area (Å²) in [6, 6.07) is 11.8. The molecule has 1 spiro atoms. The number of non-ortho nitro benzene ring substituents is 1. The smallest absolute Gasteiger partial charge is 0.269 e. The van der Waals surface area contributed by atoms with Gasteiger partial charge in [-0.05, 0) is 49.7 Å². The number of hydrogen-bond donors (Lipinski definition) is 1. The number of aryl methyl sites for hydroxylation is 1. The number of rotatable bonds is 10. The van der Waals surface area contributed by atoms with Crippen LogP contribution in [0.4, 0.5) is 21.2 Å². The Bertz CT molecular complexity index is 1630. The van der Waals surface area contributed by atoms with Crippen LogP contribution in [0.1, 0.15) is 43.0 Å². The predicted molar refractivity (Wildman–Crippen MR) is 166 cm³/mol. The zero-order chi connectivity index (χ0) is 32.1. The molecule has 45 heavy (non-hydrogen) atoms. The van der Waals surface area contributed by atoms with Crippen molar-refractivity contribution in [1.82, 2.24) is 15.0 Å². The molecule has 2 fully saturated rings. The molecule has 0 bridgehead atoms. The molecule has 0 radical (unpaired) electrons. The van der Waals surface area contributed by atoms with Crippen LogP contribution >= 0.6 is 0 Å². The van der Waals surface area contributed by atoms with E-state index in [1.165, 1.54) is 12.1 Å². The average molecular weight is 637 g/mol. The van der Waals surface area contributed by atoms with Gasteiger partial charge < -0.3 is 23.8 Å². The summed E-state index contributed by atoms with van der Waals surface area (Å²) in [7, 11) is -3.44. The van der Waals surface area contributed by atoms with Gasteiger partial charge in [-0.15, -0.1) is 5.10 Å². The highest BCUT2D eigenvalue weighted by Gasteiger charge is 2.66. The predicted octanol–water partition coefficient (Wildman–Crippen LogP) is 4.26. The molecule has 12 nitrogen and oxygen atoms in total. The maximum absolute atomic E-state index is 16.1. The maximum Gasteiger partial charge on any atom is 0.269 e. The highest BCUT2D eigenvalue weighted by molar-refractivity contribution is 6.72. The second-order valence-corrected chi connectivity index (χ2v) is 16.5. The van der Waals surface area contributed by atoms with Gasteiger partial charge >= 0.3 is 0 Å². The van der Waals surface area contributed by atoms with E-state index in [0.717, 1.165) is 17.7 Å². The molecule has 6 rings (SSSR count). The van der Waals surface area contributed by atoms with Gasteiger partial charge in [0.05, 0.1) is 29.0 Å². The standard InChI is InChI=1S/C31H37FN6O6Si/c1-20-29(45(2,3)32)27(12-15-35-19-22(13-16-39)33-34-35)44-31(20)25-17-24(38(42)43)10-11-26(25)37(30(31)41)18-21-6-8-23(9-7-21)36-14-4-5-28(36)40/h6-11,17,19-20,27,29,39H,4-5,12-16,18H2,1-3H3/t20-,27+,29-,31+/m1/s1. The van der Waals surface area contributed by atoms with Gasteiger partial charge in [0, 0.05) is 73.6 Å². The summed E-state index contributed by atoms with van der Waals surface area (Å²) >= 11 is 0. The van der Waals surface area contributed by atoms with Gasteiger partial charge in [0.1, 0.15) is 0 Å². The monoisotopic (exact) mass is 636 g/mol. The van der Waals surface area contributed by atoms with Crippen LogP contribution in [0.2, 0.25) is 18.6 Å². The highest BCUT2D eigenvalue weighted by Crippen LogP contribution is 2.60. The molecule has 1 aromatic heterocycles. The third-order valence-electron chi connectivity index (χ3n) is 9.41. The van der Waals surface area contributed by atoms with E-state index in [2.05, 4.69) is 10.3 Å². The van der Waals surface area contributed by atoms with Crippen LogP contribution in [-0.4, -0.2) is 64.5 Å². The van der Waals surface area contributed by atoms with Gasteiger partial charge in [-0.25, -0.2) is 0 Å². The Labute approximate surface area is 261 Å². The molecule has 0 saturated carbocycles. The Hall–Kier alpha value is -4.01. The second kappa shape index (κ2) is 11.7. The summed E-state index contributed by atoms with van der Waals surface area (Å²) in [6.45, 7) is 6.18. The Morgan fingerprint density at radius 3 is 2.60 bits per heavy atom. The highest BCUT2D eigenvalue weighted by atomic mass is 28.4. The van der Waals surface area contributed by atoms with E-state index < -0.39 is 36.5 Å². The minimum absolute atomic E-state index is 0.0550. The van der Waals surface area contributed by atoms with Crippen LogP contribution in [0.3, 0.4) is 0 Å². The number of carbonyl (C=O) groups excluding carboxylic acids is 2. The van der Waals surface area contributed by atoms with Gasteiger partial charge in [0.15, 0.2) is 5.60 Å². The van der Waals surface area contributed by atoms with E-state index in [1.54, 1.807) is 39.8 Å². The lowest BCUT2D eigenvalue weighted by molar-refractivity contribution is -0.385. The lowest BCUT2D eigenvalue weighted by Crippen LogP contribution is -2.45. The quantitative estimate of drug-likeness (QED) is 0.151. The van der Waals surface area contributed by atoms with Crippen LogP contribution < -0.4 is 9.80 Å². The third-order valence-corrected chi connectivity index (χ3v) is 11.9. The topological polar surface area (TPSA) is 144 Å². The molecule has 2 saturated heterocycles. The van der Waals surface area contributed by atoms with Crippen molar-refractivity contribution in [3.8, 4) is 0 Å². The number of aromatic nitrogens is 3. The molecular weight excluding hydrogens is 599 g/mol. The first-order valence-electron chi connectivity index (χ1n) is 15.3. The van der Waals surface area contributed by atoms with Gasteiger partial charge in [0.2, 0.25) is 14.3 Å². The Balaban J connectivity index is 1.34. The molecule has 3 aliphatic rings. The second-order valence-electron chi connectivity index (χ2n) is 12.7. The number of nitro groups is 1. The SMILES string of the molecule is C[C@@H]1[C@@H]([Si](C)(C)F)[C@H](CCn2cc(CCO)nn2)O[C@@]12C(=O)N(Cc1ccc(N3CCCC3=O)cc1)c1ccc([N+](=O)[O-])cc12. The van der Waals surface area contributed by atoms with Crippen molar-refractivity contribution in [3.05, 3.63) is 75.6 Å². The van der Waals surface area contributed by atoms with Crippen molar-refractivity contribution < 1.29 is 28.5 Å². The molecule has 4 heterocycles. The lowest BCUT2D eigenvalue weighted by Gasteiger charge is -2.31. The first-order chi connectivity index (χ1) is 21.4. The summed E-state index contributed by atoms with van der Waals surface area (Å²) in [5.41, 5.74) is 0.771. The fourth-order valence-electron chi connectivity index (χ4n) is 7.40. The Morgan fingerprint density at radius 1 is 1.20 bits per heavy atom. The number of nitrogens with zero attached hydrogens (tertiary/aromatic N) is 6. The maximum atomic E-state index is 16.1. The Kier molecular flexibility index (Phi) is 8.08. The summed E-state index contributed by atoms with van der Waals surface area (Å²) in [5, 5.41) is 29.2. The summed E-state index contributed by atoms with van der Waals surface area (Å²) < 4.78 is 24.5. The van der Waals surface area contributed by atoms with E-state index in [9.17, 15) is 24.8 Å². The molecule has 0 aliphatic carbocycles. The molecule has 2 aromatic carbocycles.